The predicted molar refractivity (Wildman–Crippen MR) is 64.2 cm³/mol. The summed E-state index contributed by atoms with van der Waals surface area (Å²) in [5.74, 6) is 0. The van der Waals surface area contributed by atoms with Crippen molar-refractivity contribution in [2.24, 2.45) is 0 Å². The van der Waals surface area contributed by atoms with Crippen LogP contribution in [0.1, 0.15) is 65.2 Å². The van der Waals surface area contributed by atoms with Gasteiger partial charge in [-0.3, -0.25) is 0 Å². The molecule has 0 aromatic rings. The maximum atomic E-state index is 2.36. The second-order valence-electron chi connectivity index (χ2n) is 4.47. The zero-order valence-corrected chi connectivity index (χ0v) is 10.4. The number of unbranched alkanes of at least 4 members (excludes halogenated alkanes) is 1. The van der Waals surface area contributed by atoms with E-state index in [0.29, 0.717) is 0 Å². The van der Waals surface area contributed by atoms with Gasteiger partial charge in [-0.25, -0.2) is 0 Å². The first-order valence-electron chi connectivity index (χ1n) is 6.08. The van der Waals surface area contributed by atoms with Crippen molar-refractivity contribution in [3.63, 3.8) is 0 Å². The SMILES string of the molecule is CCCCC1(PCC)CCCCC1. The Morgan fingerprint density at radius 2 is 1.77 bits per heavy atom. The van der Waals surface area contributed by atoms with E-state index in [9.17, 15) is 0 Å². The van der Waals surface area contributed by atoms with Crippen molar-refractivity contribution in [1.29, 1.82) is 0 Å². The van der Waals surface area contributed by atoms with Crippen LogP contribution in [-0.2, 0) is 0 Å². The van der Waals surface area contributed by atoms with Crippen molar-refractivity contribution in [3.05, 3.63) is 0 Å². The topological polar surface area (TPSA) is 0 Å². The van der Waals surface area contributed by atoms with Crippen molar-refractivity contribution in [3.8, 4) is 0 Å². The van der Waals surface area contributed by atoms with Crippen molar-refractivity contribution in [1.82, 2.24) is 0 Å². The molecule has 0 nitrogen and oxygen atoms in total. The standard InChI is InChI=1S/C12H25P/c1-3-5-9-12(13-4-2)10-7-6-8-11-12/h13H,3-11H2,1-2H3. The Bertz CT molecular complexity index is 120. The predicted octanol–water partition coefficient (Wildman–Crippen LogP) is 4.58. The molecule has 0 aromatic carbocycles. The zero-order chi connectivity index (χ0) is 9.57. The summed E-state index contributed by atoms with van der Waals surface area (Å²) in [7, 11) is 1.24. The van der Waals surface area contributed by atoms with Gasteiger partial charge in [0.2, 0.25) is 0 Å². The van der Waals surface area contributed by atoms with Crippen molar-refractivity contribution >= 4 is 8.58 Å². The molecular weight excluding hydrogens is 175 g/mol. The molecule has 1 atom stereocenters. The molecule has 0 aliphatic heterocycles. The number of hydrogen-bond donors (Lipinski definition) is 0. The van der Waals surface area contributed by atoms with Crippen LogP contribution in [0.2, 0.25) is 0 Å². The lowest BCUT2D eigenvalue weighted by atomic mass is 9.85. The lowest BCUT2D eigenvalue weighted by Crippen LogP contribution is -2.26. The van der Waals surface area contributed by atoms with Crippen molar-refractivity contribution in [2.45, 2.75) is 70.4 Å². The van der Waals surface area contributed by atoms with E-state index in [1.807, 2.05) is 0 Å². The summed E-state index contributed by atoms with van der Waals surface area (Å²) in [6, 6.07) is 0. The molecule has 78 valence electrons. The van der Waals surface area contributed by atoms with E-state index in [4.69, 9.17) is 0 Å². The Balaban J connectivity index is 2.40. The Morgan fingerprint density at radius 3 is 2.31 bits per heavy atom. The Labute approximate surface area is 85.7 Å². The largest absolute Gasteiger partial charge is 0.116 e. The third kappa shape index (κ3) is 3.58. The van der Waals surface area contributed by atoms with Gasteiger partial charge in [-0.15, -0.1) is 8.58 Å². The monoisotopic (exact) mass is 200 g/mol. The molecule has 1 unspecified atom stereocenters. The third-order valence-electron chi connectivity index (χ3n) is 3.37. The van der Waals surface area contributed by atoms with E-state index in [2.05, 4.69) is 13.8 Å². The minimum absolute atomic E-state index is 0.809. The molecule has 0 aromatic heterocycles. The normalized spacial score (nSPS) is 22.6. The first kappa shape index (κ1) is 11.5. The van der Waals surface area contributed by atoms with Crippen LogP contribution in [0.4, 0.5) is 0 Å². The van der Waals surface area contributed by atoms with Crippen LogP contribution in [0.25, 0.3) is 0 Å². The molecule has 0 bridgehead atoms. The summed E-state index contributed by atoms with van der Waals surface area (Å²) in [6.07, 6.45) is 13.4. The van der Waals surface area contributed by atoms with Gasteiger partial charge in [0.15, 0.2) is 0 Å². The molecule has 0 spiro atoms. The maximum Gasteiger partial charge on any atom is -0.0122 e. The summed E-state index contributed by atoms with van der Waals surface area (Å²) in [5.41, 5.74) is 0. The summed E-state index contributed by atoms with van der Waals surface area (Å²) in [5, 5.41) is 0.809. The first-order valence-corrected chi connectivity index (χ1v) is 7.29. The van der Waals surface area contributed by atoms with Crippen LogP contribution in [0, 0.1) is 0 Å². The molecule has 13 heavy (non-hydrogen) atoms. The second kappa shape index (κ2) is 6.02. The van der Waals surface area contributed by atoms with Gasteiger partial charge in [0.05, 0.1) is 0 Å². The molecule has 1 rings (SSSR count). The highest BCUT2D eigenvalue weighted by Gasteiger charge is 2.29. The lowest BCUT2D eigenvalue weighted by Gasteiger charge is -2.37. The number of hydrogen-bond acceptors (Lipinski definition) is 0. The van der Waals surface area contributed by atoms with E-state index >= 15 is 0 Å². The van der Waals surface area contributed by atoms with E-state index in [-0.39, 0.29) is 0 Å². The fourth-order valence-electron chi connectivity index (χ4n) is 2.63. The average Bonchev–Trinajstić information content (AvgIpc) is 2.17. The van der Waals surface area contributed by atoms with Gasteiger partial charge in [-0.2, -0.15) is 0 Å². The minimum atomic E-state index is 0.809. The van der Waals surface area contributed by atoms with Gasteiger partial charge in [-0.1, -0.05) is 46.0 Å². The molecule has 1 saturated carbocycles. The molecule has 0 heterocycles. The third-order valence-corrected chi connectivity index (χ3v) is 5.22. The number of rotatable bonds is 5. The van der Waals surface area contributed by atoms with Gasteiger partial charge < -0.3 is 0 Å². The van der Waals surface area contributed by atoms with Gasteiger partial charge >= 0.3 is 0 Å². The van der Waals surface area contributed by atoms with Crippen LogP contribution in [0.15, 0.2) is 0 Å². The molecule has 0 saturated heterocycles. The Morgan fingerprint density at radius 1 is 1.08 bits per heavy atom. The molecular formula is C12H25P. The quantitative estimate of drug-likeness (QED) is 0.570. The van der Waals surface area contributed by atoms with Crippen molar-refractivity contribution in [2.75, 3.05) is 6.16 Å². The molecule has 0 amide bonds. The first-order chi connectivity index (χ1) is 6.33. The Kier molecular flexibility index (Phi) is 5.32. The van der Waals surface area contributed by atoms with E-state index < -0.39 is 0 Å². The lowest BCUT2D eigenvalue weighted by molar-refractivity contribution is 0.366. The maximum absolute atomic E-state index is 2.36. The highest BCUT2D eigenvalue weighted by atomic mass is 31.1. The van der Waals surface area contributed by atoms with Crippen LogP contribution in [0.3, 0.4) is 0 Å². The highest BCUT2D eigenvalue weighted by Crippen LogP contribution is 2.47. The molecule has 1 fully saturated rings. The van der Waals surface area contributed by atoms with Crippen LogP contribution in [0.5, 0.6) is 0 Å². The van der Waals surface area contributed by atoms with Crippen molar-refractivity contribution < 1.29 is 0 Å². The second-order valence-corrected chi connectivity index (χ2v) is 6.60. The average molecular weight is 200 g/mol. The van der Waals surface area contributed by atoms with Crippen LogP contribution < -0.4 is 0 Å². The summed E-state index contributed by atoms with van der Waals surface area (Å²) in [6.45, 7) is 4.69. The Hall–Kier alpha value is 0.430. The molecule has 1 heteroatoms. The van der Waals surface area contributed by atoms with Gasteiger partial charge in [0.1, 0.15) is 0 Å². The summed E-state index contributed by atoms with van der Waals surface area (Å²) in [4.78, 5) is 0. The zero-order valence-electron chi connectivity index (χ0n) is 9.36. The minimum Gasteiger partial charge on any atom is -0.116 e. The summed E-state index contributed by atoms with van der Waals surface area (Å²) >= 11 is 0. The molecule has 0 N–H and O–H groups in total. The van der Waals surface area contributed by atoms with Gasteiger partial charge in [0.25, 0.3) is 0 Å². The van der Waals surface area contributed by atoms with Gasteiger partial charge in [-0.05, 0) is 30.6 Å². The highest BCUT2D eigenvalue weighted by molar-refractivity contribution is 7.39. The fourth-order valence-corrected chi connectivity index (χ4v) is 4.44. The smallest absolute Gasteiger partial charge is 0.0122 e. The molecule has 0 radical (unpaired) electrons. The summed E-state index contributed by atoms with van der Waals surface area (Å²) < 4.78 is 0. The van der Waals surface area contributed by atoms with E-state index in [1.54, 1.807) is 12.8 Å². The van der Waals surface area contributed by atoms with E-state index in [0.717, 1.165) is 5.16 Å². The van der Waals surface area contributed by atoms with Gasteiger partial charge in [0, 0.05) is 0 Å². The fraction of sp³-hybridized carbons (Fsp3) is 1.00. The molecule has 1 aliphatic carbocycles. The van der Waals surface area contributed by atoms with Crippen LogP contribution >= 0.6 is 8.58 Å². The van der Waals surface area contributed by atoms with Crippen LogP contribution in [-0.4, -0.2) is 11.3 Å². The van der Waals surface area contributed by atoms with E-state index in [1.165, 1.54) is 53.3 Å². The molecule has 1 aliphatic rings.